The molecule has 10 heteroatoms. The number of carboxylic acid groups (broad SMARTS) is 1. The minimum Gasteiger partial charge on any atom is -0.487 e. The number of nitrogens with zero attached hydrogens (tertiary/aromatic N) is 1. The van der Waals surface area contributed by atoms with Gasteiger partial charge in [-0.25, -0.2) is 9.78 Å². The van der Waals surface area contributed by atoms with Crippen LogP contribution >= 0.6 is 27.3 Å². The van der Waals surface area contributed by atoms with E-state index >= 15 is 0 Å². The summed E-state index contributed by atoms with van der Waals surface area (Å²) in [6.07, 6.45) is -3.73. The second kappa shape index (κ2) is 9.69. The molecule has 2 aromatic carbocycles. The van der Waals surface area contributed by atoms with Gasteiger partial charge in [0.25, 0.3) is 0 Å². The zero-order chi connectivity index (χ0) is 22.6. The first-order valence-electron chi connectivity index (χ1n) is 9.10. The van der Waals surface area contributed by atoms with Crippen molar-refractivity contribution in [3.05, 3.63) is 63.1 Å². The number of aromatic nitrogens is 1. The molecule has 0 saturated heterocycles. The summed E-state index contributed by atoms with van der Waals surface area (Å²) in [6.45, 7) is 1.73. The molecule has 0 amide bonds. The molecule has 1 aromatic heterocycles. The molecule has 3 rings (SSSR count). The molecular formula is C21H17BrF3NO4S. The van der Waals surface area contributed by atoms with E-state index in [0.29, 0.717) is 33.0 Å². The van der Waals surface area contributed by atoms with E-state index in [0.717, 1.165) is 22.7 Å². The van der Waals surface area contributed by atoms with E-state index in [4.69, 9.17) is 14.6 Å². The summed E-state index contributed by atoms with van der Waals surface area (Å²) >= 11 is 4.74. The number of hydrogen-bond acceptors (Lipinski definition) is 5. The van der Waals surface area contributed by atoms with E-state index in [1.165, 1.54) is 23.5 Å². The Morgan fingerprint density at radius 2 is 1.87 bits per heavy atom. The molecular weight excluding hydrogens is 499 g/mol. The molecule has 0 aliphatic carbocycles. The van der Waals surface area contributed by atoms with Crippen LogP contribution in [0.25, 0.3) is 10.6 Å². The van der Waals surface area contributed by atoms with Crippen LogP contribution < -0.4 is 9.47 Å². The second-order valence-electron chi connectivity index (χ2n) is 6.38. The van der Waals surface area contributed by atoms with Crippen molar-refractivity contribution in [1.29, 1.82) is 0 Å². The summed E-state index contributed by atoms with van der Waals surface area (Å²) in [7, 11) is 0. The first-order chi connectivity index (χ1) is 14.7. The van der Waals surface area contributed by atoms with Gasteiger partial charge in [-0.1, -0.05) is 19.1 Å². The van der Waals surface area contributed by atoms with Crippen molar-refractivity contribution >= 4 is 33.2 Å². The van der Waals surface area contributed by atoms with Crippen molar-refractivity contribution in [3.63, 3.8) is 0 Å². The summed E-state index contributed by atoms with van der Waals surface area (Å²) in [4.78, 5) is 16.0. The third kappa shape index (κ3) is 5.98. The normalized spacial score (nSPS) is 11.4. The van der Waals surface area contributed by atoms with Crippen LogP contribution in [0.2, 0.25) is 0 Å². The van der Waals surface area contributed by atoms with Gasteiger partial charge in [-0.15, -0.1) is 11.3 Å². The van der Waals surface area contributed by atoms with Gasteiger partial charge in [-0.2, -0.15) is 13.2 Å². The molecule has 164 valence electrons. The van der Waals surface area contributed by atoms with Gasteiger partial charge in [0.15, 0.2) is 6.61 Å². The van der Waals surface area contributed by atoms with Crippen molar-refractivity contribution < 1.29 is 32.5 Å². The van der Waals surface area contributed by atoms with Crippen LogP contribution in [0.4, 0.5) is 13.2 Å². The Bertz CT molecular complexity index is 1070. The van der Waals surface area contributed by atoms with Gasteiger partial charge in [-0.3, -0.25) is 0 Å². The van der Waals surface area contributed by atoms with Gasteiger partial charge < -0.3 is 14.6 Å². The van der Waals surface area contributed by atoms with E-state index in [1.54, 1.807) is 18.2 Å². The summed E-state index contributed by atoms with van der Waals surface area (Å²) in [6, 6.07) is 9.79. The number of carbonyl (C=O) groups is 1. The molecule has 0 radical (unpaired) electrons. The molecule has 5 nitrogen and oxygen atoms in total. The Balaban J connectivity index is 1.73. The maximum absolute atomic E-state index is 12.8. The lowest BCUT2D eigenvalue weighted by Crippen LogP contribution is -2.09. The molecule has 1 heterocycles. The highest BCUT2D eigenvalue weighted by molar-refractivity contribution is 9.10. The van der Waals surface area contributed by atoms with Gasteiger partial charge >= 0.3 is 12.1 Å². The Kier molecular flexibility index (Phi) is 7.22. The molecule has 0 spiro atoms. The molecule has 1 N–H and O–H groups in total. The Hall–Kier alpha value is -2.59. The molecule has 0 aliphatic heterocycles. The lowest BCUT2D eigenvalue weighted by molar-refractivity contribution is -0.139. The topological polar surface area (TPSA) is 68.7 Å². The van der Waals surface area contributed by atoms with E-state index in [-0.39, 0.29) is 6.61 Å². The monoisotopic (exact) mass is 515 g/mol. The van der Waals surface area contributed by atoms with Crippen LogP contribution in [0.3, 0.4) is 0 Å². The third-order valence-corrected chi connectivity index (χ3v) is 5.94. The van der Waals surface area contributed by atoms with Crippen molar-refractivity contribution in [3.8, 4) is 22.1 Å². The summed E-state index contributed by atoms with van der Waals surface area (Å²) in [5.41, 5.74) is 0.727. The van der Waals surface area contributed by atoms with Gasteiger partial charge in [0.05, 0.1) is 20.6 Å². The quantitative estimate of drug-likeness (QED) is 0.387. The lowest BCUT2D eigenvalue weighted by Gasteiger charge is -2.10. The predicted molar refractivity (Wildman–Crippen MR) is 114 cm³/mol. The maximum atomic E-state index is 12.8. The Labute approximate surface area is 188 Å². The molecule has 0 atom stereocenters. The molecule has 31 heavy (non-hydrogen) atoms. The number of thiazole rings is 1. The van der Waals surface area contributed by atoms with Crippen molar-refractivity contribution in [2.24, 2.45) is 0 Å². The largest absolute Gasteiger partial charge is 0.487 e. The summed E-state index contributed by atoms with van der Waals surface area (Å²) in [5, 5.41) is 9.30. The molecule has 0 aliphatic rings. The average molecular weight is 516 g/mol. The fourth-order valence-electron chi connectivity index (χ4n) is 2.67. The standard InChI is InChI=1S/C21H17BrF3NO4S/c1-2-16-18(10-30-17-8-7-14(9-15(17)22)29-11-19(27)28)31-20(26-16)12-3-5-13(6-4-12)21(23,24)25/h3-9H,2,10-11H2,1H3,(H,27,28). The van der Waals surface area contributed by atoms with Crippen LogP contribution in [0.15, 0.2) is 46.9 Å². The van der Waals surface area contributed by atoms with Gasteiger partial charge in [0, 0.05) is 5.56 Å². The molecule has 0 bridgehead atoms. The Morgan fingerprint density at radius 3 is 2.45 bits per heavy atom. The fraction of sp³-hybridized carbons (Fsp3) is 0.238. The van der Waals surface area contributed by atoms with Gasteiger partial charge in [0.1, 0.15) is 23.1 Å². The maximum Gasteiger partial charge on any atom is 0.416 e. The average Bonchev–Trinajstić information content (AvgIpc) is 3.14. The minimum absolute atomic E-state index is 0.232. The van der Waals surface area contributed by atoms with Crippen molar-refractivity contribution in [1.82, 2.24) is 4.98 Å². The first-order valence-corrected chi connectivity index (χ1v) is 10.7. The van der Waals surface area contributed by atoms with Crippen molar-refractivity contribution in [2.45, 2.75) is 26.1 Å². The number of alkyl halides is 3. The van der Waals surface area contributed by atoms with E-state index in [2.05, 4.69) is 20.9 Å². The summed E-state index contributed by atoms with van der Waals surface area (Å²) in [5.74, 6) is -0.148. The molecule has 0 saturated carbocycles. The first kappa shape index (κ1) is 23.1. The zero-order valence-electron chi connectivity index (χ0n) is 16.2. The number of hydrogen-bond donors (Lipinski definition) is 1. The zero-order valence-corrected chi connectivity index (χ0v) is 18.6. The minimum atomic E-state index is -4.38. The SMILES string of the molecule is CCc1nc(-c2ccc(C(F)(F)F)cc2)sc1COc1ccc(OCC(=O)O)cc1Br. The molecule has 3 aromatic rings. The lowest BCUT2D eigenvalue weighted by atomic mass is 10.1. The van der Waals surface area contributed by atoms with Crippen molar-refractivity contribution in [2.75, 3.05) is 6.61 Å². The number of aliphatic carboxylic acids is 1. The second-order valence-corrected chi connectivity index (χ2v) is 8.32. The van der Waals surface area contributed by atoms with Crippen LogP contribution in [-0.4, -0.2) is 22.7 Å². The number of benzene rings is 2. The number of carboxylic acids is 1. The van der Waals surface area contributed by atoms with E-state index in [1.807, 2.05) is 6.92 Å². The number of ether oxygens (including phenoxy) is 2. The number of rotatable bonds is 8. The van der Waals surface area contributed by atoms with Crippen LogP contribution in [0, 0.1) is 0 Å². The van der Waals surface area contributed by atoms with E-state index < -0.39 is 24.3 Å². The fourth-order valence-corrected chi connectivity index (χ4v) is 4.22. The van der Waals surface area contributed by atoms with E-state index in [9.17, 15) is 18.0 Å². The predicted octanol–water partition coefficient (Wildman–Crippen LogP) is 6.20. The smallest absolute Gasteiger partial charge is 0.416 e. The van der Waals surface area contributed by atoms with Gasteiger partial charge in [-0.05, 0) is 52.7 Å². The van der Waals surface area contributed by atoms with Crippen LogP contribution in [0.1, 0.15) is 23.1 Å². The van der Waals surface area contributed by atoms with Gasteiger partial charge in [0.2, 0.25) is 0 Å². The Morgan fingerprint density at radius 1 is 1.16 bits per heavy atom. The highest BCUT2D eigenvalue weighted by Gasteiger charge is 2.30. The number of aryl methyl sites for hydroxylation is 1. The number of halogens is 4. The highest BCUT2D eigenvalue weighted by atomic mass is 79.9. The summed E-state index contributed by atoms with van der Waals surface area (Å²) < 4.78 is 49.9. The molecule has 0 fully saturated rings. The van der Waals surface area contributed by atoms with Crippen LogP contribution in [0.5, 0.6) is 11.5 Å². The molecule has 0 unspecified atom stereocenters. The van der Waals surface area contributed by atoms with Crippen LogP contribution in [-0.2, 0) is 24.0 Å². The third-order valence-electron chi connectivity index (χ3n) is 4.20. The highest BCUT2D eigenvalue weighted by Crippen LogP contribution is 2.35.